The van der Waals surface area contributed by atoms with Crippen LogP contribution in [-0.4, -0.2) is 48.2 Å². The van der Waals surface area contributed by atoms with Gasteiger partial charge in [-0.2, -0.15) is 0 Å². The van der Waals surface area contributed by atoms with Crippen LogP contribution in [0.25, 0.3) is 0 Å². The molecule has 1 heterocycles. The molecule has 0 aliphatic carbocycles. The first-order valence-corrected chi connectivity index (χ1v) is 13.2. The zero-order chi connectivity index (χ0) is 24.6. The zero-order valence-corrected chi connectivity index (χ0v) is 21.3. The molecule has 2 atom stereocenters. The van der Waals surface area contributed by atoms with Crippen LogP contribution in [0, 0.1) is 6.92 Å². The number of rotatable bonds is 19. The quantitative estimate of drug-likeness (QED) is 0.126. The number of carboxylic acid groups (broad SMARTS) is 2. The van der Waals surface area contributed by atoms with E-state index in [-0.39, 0.29) is 18.5 Å². The van der Waals surface area contributed by atoms with Crippen LogP contribution in [0.4, 0.5) is 0 Å². The lowest BCUT2D eigenvalue weighted by molar-refractivity contribution is -0.137. The molecular weight excluding hydrogens is 440 g/mol. The average molecular weight is 483 g/mol. The highest BCUT2D eigenvalue weighted by molar-refractivity contribution is 8.00. The van der Waals surface area contributed by atoms with Gasteiger partial charge in [0.05, 0.1) is 17.0 Å². The van der Waals surface area contributed by atoms with Crippen molar-refractivity contribution in [3.63, 3.8) is 0 Å². The fourth-order valence-electron chi connectivity index (χ4n) is 3.80. The van der Waals surface area contributed by atoms with Crippen LogP contribution in [0.3, 0.4) is 0 Å². The summed E-state index contributed by atoms with van der Waals surface area (Å²) in [6.45, 7) is 3.88. The van der Waals surface area contributed by atoms with Crippen molar-refractivity contribution in [1.29, 1.82) is 0 Å². The molecule has 8 heteroatoms. The number of imidazole rings is 1. The number of unbranched alkanes of at least 4 members (excludes halogenated alkanes) is 10. The van der Waals surface area contributed by atoms with Gasteiger partial charge in [0.25, 0.3) is 0 Å². The van der Waals surface area contributed by atoms with Crippen LogP contribution in [0.5, 0.6) is 0 Å². The van der Waals surface area contributed by atoms with Gasteiger partial charge in [-0.25, -0.2) is 9.78 Å². The van der Waals surface area contributed by atoms with Crippen molar-refractivity contribution in [3.05, 3.63) is 23.5 Å². The maximum atomic E-state index is 11.5. The summed E-state index contributed by atoms with van der Waals surface area (Å²) in [7, 11) is 1.64. The molecule has 0 aliphatic heterocycles. The minimum atomic E-state index is -1.05. The van der Waals surface area contributed by atoms with Gasteiger partial charge in [-0.05, 0) is 26.2 Å². The number of aliphatic carboxylic acids is 1. The van der Waals surface area contributed by atoms with Crippen LogP contribution in [0.1, 0.15) is 107 Å². The van der Waals surface area contributed by atoms with E-state index in [2.05, 4.69) is 11.9 Å². The summed E-state index contributed by atoms with van der Waals surface area (Å²) in [5.41, 5.74) is 0.534. The van der Waals surface area contributed by atoms with E-state index >= 15 is 0 Å². The van der Waals surface area contributed by atoms with Gasteiger partial charge in [0.1, 0.15) is 0 Å². The molecule has 1 rings (SSSR count). The van der Waals surface area contributed by atoms with E-state index in [1.807, 2.05) is 12.2 Å². The Bertz CT molecular complexity index is 747. The molecule has 33 heavy (non-hydrogen) atoms. The van der Waals surface area contributed by atoms with Gasteiger partial charge in [0.2, 0.25) is 0 Å². The molecule has 0 saturated carbocycles. The fraction of sp³-hybridized carbons (Fsp3) is 0.720. The van der Waals surface area contributed by atoms with Gasteiger partial charge in [0.15, 0.2) is 10.9 Å². The first-order chi connectivity index (χ1) is 15.8. The van der Waals surface area contributed by atoms with Crippen molar-refractivity contribution in [1.82, 2.24) is 9.55 Å². The first-order valence-electron chi connectivity index (χ1n) is 12.3. The number of aromatic carboxylic acids is 1. The van der Waals surface area contributed by atoms with E-state index in [1.165, 1.54) is 74.1 Å². The second kappa shape index (κ2) is 16.8. The highest BCUT2D eigenvalue weighted by atomic mass is 32.2. The zero-order valence-electron chi connectivity index (χ0n) is 20.5. The summed E-state index contributed by atoms with van der Waals surface area (Å²) in [4.78, 5) is 26.7. The monoisotopic (exact) mass is 482 g/mol. The summed E-state index contributed by atoms with van der Waals surface area (Å²) in [5, 5.41) is 29.0. The van der Waals surface area contributed by atoms with Crippen molar-refractivity contribution < 1.29 is 24.9 Å². The highest BCUT2D eigenvalue weighted by Crippen LogP contribution is 2.29. The number of thioether (sulfide) groups is 1. The maximum Gasteiger partial charge on any atom is 0.354 e. The molecule has 2 unspecified atom stereocenters. The Morgan fingerprint density at radius 3 is 2.12 bits per heavy atom. The Labute approximate surface area is 202 Å². The van der Waals surface area contributed by atoms with Crippen molar-refractivity contribution in [2.24, 2.45) is 7.05 Å². The normalized spacial score (nSPS) is 13.5. The molecule has 0 aliphatic rings. The number of nitrogens with zero attached hydrogens (tertiary/aromatic N) is 2. The molecule has 0 spiro atoms. The van der Waals surface area contributed by atoms with E-state index in [9.17, 15) is 19.8 Å². The SMILES string of the molecule is CCCCCCCCCCCCC=CC(Sc1nc(C)c(C(=O)O)n1C)C(O)CCC(=O)O. The fourth-order valence-corrected chi connectivity index (χ4v) is 4.96. The number of aryl methyl sites for hydroxylation is 1. The summed E-state index contributed by atoms with van der Waals surface area (Å²) in [5.74, 6) is -2.00. The number of aliphatic hydroxyl groups excluding tert-OH is 1. The predicted octanol–water partition coefficient (Wildman–Crippen LogP) is 5.98. The van der Waals surface area contributed by atoms with Gasteiger partial charge < -0.3 is 19.9 Å². The third-order valence-corrected chi connectivity index (χ3v) is 7.08. The van der Waals surface area contributed by atoms with E-state index in [1.54, 1.807) is 14.0 Å². The van der Waals surface area contributed by atoms with Crippen LogP contribution in [-0.2, 0) is 11.8 Å². The number of aromatic nitrogens is 2. The molecule has 1 aromatic rings. The minimum Gasteiger partial charge on any atom is -0.481 e. The molecule has 0 amide bonds. The van der Waals surface area contributed by atoms with Gasteiger partial charge in [-0.1, -0.05) is 88.6 Å². The Hall–Kier alpha value is -1.80. The number of aliphatic hydroxyl groups is 1. The van der Waals surface area contributed by atoms with Crippen LogP contribution >= 0.6 is 11.8 Å². The number of carbonyl (C=O) groups is 2. The Kier molecular flexibility index (Phi) is 14.8. The van der Waals surface area contributed by atoms with Gasteiger partial charge >= 0.3 is 11.9 Å². The van der Waals surface area contributed by atoms with Crippen molar-refractivity contribution in [2.45, 2.75) is 114 Å². The summed E-state index contributed by atoms with van der Waals surface area (Å²) in [6, 6.07) is 0. The molecule has 0 aromatic carbocycles. The Morgan fingerprint density at radius 2 is 1.61 bits per heavy atom. The molecular formula is C25H42N2O5S. The lowest BCUT2D eigenvalue weighted by Crippen LogP contribution is -2.23. The summed E-state index contributed by atoms with van der Waals surface area (Å²) >= 11 is 1.27. The van der Waals surface area contributed by atoms with E-state index in [4.69, 9.17) is 5.11 Å². The minimum absolute atomic E-state index is 0.116. The average Bonchev–Trinajstić information content (AvgIpc) is 3.04. The van der Waals surface area contributed by atoms with Crippen LogP contribution in [0.2, 0.25) is 0 Å². The second-order valence-electron chi connectivity index (χ2n) is 8.67. The molecule has 7 nitrogen and oxygen atoms in total. The van der Waals surface area contributed by atoms with Crippen LogP contribution < -0.4 is 0 Å². The lowest BCUT2D eigenvalue weighted by Gasteiger charge is -2.18. The number of carboxylic acids is 2. The van der Waals surface area contributed by atoms with Crippen molar-refractivity contribution in [3.8, 4) is 0 Å². The van der Waals surface area contributed by atoms with Gasteiger partial charge in [-0.3, -0.25) is 4.79 Å². The third-order valence-electron chi connectivity index (χ3n) is 5.76. The topological polar surface area (TPSA) is 113 Å². The van der Waals surface area contributed by atoms with Crippen molar-refractivity contribution in [2.75, 3.05) is 0 Å². The lowest BCUT2D eigenvalue weighted by atomic mass is 10.1. The molecule has 1 aromatic heterocycles. The molecule has 0 radical (unpaired) electrons. The van der Waals surface area contributed by atoms with Crippen molar-refractivity contribution >= 4 is 23.7 Å². The second-order valence-corrected chi connectivity index (χ2v) is 9.82. The number of hydrogen-bond donors (Lipinski definition) is 3. The number of allylic oxidation sites excluding steroid dienone is 1. The summed E-state index contributed by atoms with van der Waals surface area (Å²) in [6.07, 6.45) is 16.8. The smallest absolute Gasteiger partial charge is 0.354 e. The highest BCUT2D eigenvalue weighted by Gasteiger charge is 2.24. The van der Waals surface area contributed by atoms with Gasteiger partial charge in [0, 0.05) is 13.5 Å². The molecule has 0 fully saturated rings. The molecule has 0 bridgehead atoms. The molecule has 3 N–H and O–H groups in total. The van der Waals surface area contributed by atoms with E-state index in [0.717, 1.165) is 12.8 Å². The largest absolute Gasteiger partial charge is 0.481 e. The Morgan fingerprint density at radius 1 is 1.03 bits per heavy atom. The molecule has 0 saturated heterocycles. The van der Waals surface area contributed by atoms with Crippen LogP contribution in [0.15, 0.2) is 17.3 Å². The number of hydrogen-bond acceptors (Lipinski definition) is 5. The maximum absolute atomic E-state index is 11.5. The predicted molar refractivity (Wildman–Crippen MR) is 133 cm³/mol. The van der Waals surface area contributed by atoms with E-state index in [0.29, 0.717) is 10.9 Å². The molecule has 188 valence electrons. The Balaban J connectivity index is 2.53. The van der Waals surface area contributed by atoms with Gasteiger partial charge in [-0.15, -0.1) is 0 Å². The summed E-state index contributed by atoms with van der Waals surface area (Å²) < 4.78 is 1.51. The first kappa shape index (κ1) is 29.2. The third kappa shape index (κ3) is 11.8. The van der Waals surface area contributed by atoms with E-state index < -0.39 is 23.3 Å². The standard InChI is InChI=1S/C25H42N2O5S/c1-4-5-6-7-8-9-10-11-12-13-14-15-16-21(20(28)17-18-22(29)30)33-25-26-19(2)23(24(31)32)27(25)3/h15-16,20-21,28H,4-14,17-18H2,1-3H3,(H,29,30)(H,31,32).